The number of carboxylic acid groups (broad SMARTS) is 1. The van der Waals surface area contributed by atoms with Crippen molar-refractivity contribution in [2.24, 2.45) is 5.41 Å². The van der Waals surface area contributed by atoms with Crippen LogP contribution in [0.2, 0.25) is 0 Å². The number of benzene rings is 1. The molecule has 3 atom stereocenters. The summed E-state index contributed by atoms with van der Waals surface area (Å²) in [5.41, 5.74) is 1.36. The summed E-state index contributed by atoms with van der Waals surface area (Å²) in [5, 5.41) is 19.7. The molecule has 2 aliphatic rings. The van der Waals surface area contributed by atoms with E-state index in [4.69, 9.17) is 9.84 Å². The average molecular weight is 532 g/mol. The van der Waals surface area contributed by atoms with Crippen molar-refractivity contribution in [3.05, 3.63) is 29.8 Å². The highest BCUT2D eigenvalue weighted by atomic mass is 79.9. The van der Waals surface area contributed by atoms with Gasteiger partial charge in [-0.05, 0) is 49.8 Å². The molecule has 1 saturated heterocycles. The van der Waals surface area contributed by atoms with Gasteiger partial charge in [0.05, 0.1) is 35.0 Å². The number of aliphatic hydroxyl groups excluding tert-OH is 1. The number of alkyl halides is 1. The zero-order valence-corrected chi connectivity index (χ0v) is 21.0. The van der Waals surface area contributed by atoms with E-state index in [1.165, 1.54) is 4.31 Å². The summed E-state index contributed by atoms with van der Waals surface area (Å²) in [6.07, 6.45) is 5.95. The molecule has 3 rings (SSSR count). The van der Waals surface area contributed by atoms with Crippen molar-refractivity contribution < 1.29 is 28.2 Å². The minimum atomic E-state index is -3.49. The highest BCUT2D eigenvalue weighted by molar-refractivity contribution is 9.09. The lowest BCUT2D eigenvalue weighted by atomic mass is 9.61. The Bertz CT molecular complexity index is 871. The molecule has 180 valence electrons. The second kappa shape index (κ2) is 10.8. The van der Waals surface area contributed by atoms with Gasteiger partial charge in [0.25, 0.3) is 0 Å². The summed E-state index contributed by atoms with van der Waals surface area (Å²) in [4.78, 5) is 10.3. The Labute approximate surface area is 199 Å². The summed E-state index contributed by atoms with van der Waals surface area (Å²) in [6, 6.07) is 6.86. The molecule has 0 spiro atoms. The average Bonchev–Trinajstić information content (AvgIpc) is 2.94. The lowest BCUT2D eigenvalue weighted by molar-refractivity contribution is -0.137. The van der Waals surface area contributed by atoms with Crippen LogP contribution in [-0.2, 0) is 19.6 Å². The van der Waals surface area contributed by atoms with Gasteiger partial charge < -0.3 is 14.9 Å². The maximum absolute atomic E-state index is 12.8. The summed E-state index contributed by atoms with van der Waals surface area (Å²) < 4.78 is 32.8. The monoisotopic (exact) mass is 531 g/mol. The summed E-state index contributed by atoms with van der Waals surface area (Å²) in [7, 11) is -3.49. The third kappa shape index (κ3) is 5.66. The van der Waals surface area contributed by atoms with Gasteiger partial charge >= 0.3 is 5.97 Å². The van der Waals surface area contributed by atoms with Crippen LogP contribution in [0.15, 0.2) is 24.3 Å². The Kier molecular flexibility index (Phi) is 8.63. The van der Waals surface area contributed by atoms with Crippen molar-refractivity contribution in [2.75, 3.05) is 23.3 Å². The Morgan fingerprint density at radius 1 is 1.28 bits per heavy atom. The highest BCUT2D eigenvalue weighted by Crippen LogP contribution is 2.53. The van der Waals surface area contributed by atoms with Gasteiger partial charge in [-0.15, -0.1) is 0 Å². The van der Waals surface area contributed by atoms with Crippen LogP contribution in [0.3, 0.4) is 0 Å². The van der Waals surface area contributed by atoms with Crippen molar-refractivity contribution in [1.82, 2.24) is 0 Å². The van der Waals surface area contributed by atoms with Crippen molar-refractivity contribution in [3.63, 3.8) is 0 Å². The van der Waals surface area contributed by atoms with E-state index in [1.807, 2.05) is 12.1 Å². The van der Waals surface area contributed by atoms with Gasteiger partial charge in [-0.25, -0.2) is 8.42 Å². The van der Waals surface area contributed by atoms with Crippen molar-refractivity contribution in [2.45, 2.75) is 75.3 Å². The molecule has 0 radical (unpaired) electrons. The van der Waals surface area contributed by atoms with Gasteiger partial charge in [0.1, 0.15) is 0 Å². The number of carboxylic acids is 1. The number of carbonyl (C=O) groups is 1. The molecule has 2 fully saturated rings. The van der Waals surface area contributed by atoms with Crippen LogP contribution >= 0.6 is 15.9 Å². The first kappa shape index (κ1) is 25.5. The second-order valence-corrected chi connectivity index (χ2v) is 12.1. The Hall–Kier alpha value is -1.16. The van der Waals surface area contributed by atoms with Crippen LogP contribution in [0, 0.1) is 5.41 Å². The van der Waals surface area contributed by atoms with E-state index in [1.54, 1.807) is 12.1 Å². The van der Waals surface area contributed by atoms with Crippen molar-refractivity contribution in [1.29, 1.82) is 0 Å². The predicted molar refractivity (Wildman–Crippen MR) is 128 cm³/mol. The molecule has 9 heteroatoms. The molecule has 7 nitrogen and oxygen atoms in total. The van der Waals surface area contributed by atoms with Gasteiger partial charge in [0.15, 0.2) is 0 Å². The number of nitrogens with zero attached hydrogens (tertiary/aromatic N) is 1. The zero-order chi connectivity index (χ0) is 23.4. The molecular formula is C23H34BrNO6S. The van der Waals surface area contributed by atoms with Gasteiger partial charge in [0.2, 0.25) is 10.0 Å². The minimum absolute atomic E-state index is 0.00989. The predicted octanol–water partition coefficient (Wildman–Crippen LogP) is 4.24. The van der Waals surface area contributed by atoms with Crippen LogP contribution in [0.1, 0.15) is 70.0 Å². The molecule has 2 N–H and O–H groups in total. The second-order valence-electron chi connectivity index (χ2n) is 9.04. The van der Waals surface area contributed by atoms with E-state index in [0.29, 0.717) is 25.1 Å². The molecule has 0 aromatic heterocycles. The molecule has 32 heavy (non-hydrogen) atoms. The molecule has 1 aromatic carbocycles. The number of unbranched alkanes of at least 4 members (excludes halogenated alkanes) is 1. The van der Waals surface area contributed by atoms with Crippen molar-refractivity contribution in [3.8, 4) is 0 Å². The first-order chi connectivity index (χ1) is 15.2. The lowest BCUT2D eigenvalue weighted by Gasteiger charge is -2.46. The minimum Gasteiger partial charge on any atom is -0.481 e. The topological polar surface area (TPSA) is 104 Å². The summed E-state index contributed by atoms with van der Waals surface area (Å²) in [5.74, 6) is -0.839. The maximum Gasteiger partial charge on any atom is 0.303 e. The Morgan fingerprint density at radius 2 is 1.97 bits per heavy atom. The SMILES string of the molecule is CCCC1(C(O)c2ccc(N3C(COCCCCC(=O)O)C(Br)CS3(=O)=O)cc2)CCC1. The van der Waals surface area contributed by atoms with Crippen LogP contribution in [0.4, 0.5) is 5.69 Å². The highest BCUT2D eigenvalue weighted by Gasteiger charge is 2.45. The van der Waals surface area contributed by atoms with E-state index >= 15 is 0 Å². The fraction of sp³-hybridized carbons (Fsp3) is 0.696. The Morgan fingerprint density at radius 3 is 2.53 bits per heavy atom. The molecular weight excluding hydrogens is 498 g/mol. The number of halogens is 1. The molecule has 1 saturated carbocycles. The van der Waals surface area contributed by atoms with E-state index < -0.39 is 22.1 Å². The lowest BCUT2D eigenvalue weighted by Crippen LogP contribution is -2.39. The van der Waals surface area contributed by atoms with E-state index in [0.717, 1.165) is 37.7 Å². The molecule has 1 aromatic rings. The van der Waals surface area contributed by atoms with E-state index in [2.05, 4.69) is 22.9 Å². The number of anilines is 1. The molecule has 1 aliphatic heterocycles. The van der Waals surface area contributed by atoms with E-state index in [9.17, 15) is 18.3 Å². The third-order valence-electron chi connectivity index (χ3n) is 6.75. The molecule has 0 amide bonds. The standard InChI is InChI=1S/C23H34BrNO6S/c1-2-11-23(12-5-13-23)22(28)17-7-9-18(10-8-17)25-20(19(24)16-32(25,29)30)15-31-14-4-3-6-21(26)27/h7-10,19-20,22,28H,2-6,11-16H2,1H3,(H,26,27). The first-order valence-corrected chi connectivity index (χ1v) is 14.0. The fourth-order valence-corrected chi connectivity index (χ4v) is 8.30. The molecule has 3 unspecified atom stereocenters. The van der Waals surface area contributed by atoms with Crippen LogP contribution in [0.25, 0.3) is 0 Å². The molecule has 0 bridgehead atoms. The van der Waals surface area contributed by atoms with Gasteiger partial charge in [-0.3, -0.25) is 9.10 Å². The summed E-state index contributed by atoms with van der Waals surface area (Å²) in [6.45, 7) is 2.76. The maximum atomic E-state index is 12.8. The number of sulfonamides is 1. The van der Waals surface area contributed by atoms with Gasteiger partial charge in [-0.2, -0.15) is 0 Å². The number of hydrogen-bond donors (Lipinski definition) is 2. The van der Waals surface area contributed by atoms with Crippen LogP contribution in [0.5, 0.6) is 0 Å². The Balaban J connectivity index is 1.67. The molecule has 1 aliphatic carbocycles. The smallest absolute Gasteiger partial charge is 0.303 e. The van der Waals surface area contributed by atoms with Crippen LogP contribution in [-0.4, -0.2) is 54.4 Å². The zero-order valence-electron chi connectivity index (χ0n) is 18.6. The third-order valence-corrected chi connectivity index (χ3v) is 9.97. The quantitative estimate of drug-likeness (QED) is 0.308. The largest absolute Gasteiger partial charge is 0.481 e. The number of aliphatic hydroxyl groups is 1. The fourth-order valence-electron chi connectivity index (χ4n) is 4.90. The number of ether oxygens (including phenoxy) is 1. The number of aliphatic carboxylic acids is 1. The molecule has 1 heterocycles. The normalized spacial score (nSPS) is 24.8. The number of rotatable bonds is 12. The first-order valence-electron chi connectivity index (χ1n) is 11.4. The number of hydrogen-bond acceptors (Lipinski definition) is 5. The van der Waals surface area contributed by atoms with Crippen molar-refractivity contribution >= 4 is 37.6 Å². The van der Waals surface area contributed by atoms with Crippen LogP contribution < -0.4 is 4.31 Å². The van der Waals surface area contributed by atoms with E-state index in [-0.39, 0.29) is 35.1 Å². The van der Waals surface area contributed by atoms with Gasteiger partial charge in [-0.1, -0.05) is 47.8 Å². The summed E-state index contributed by atoms with van der Waals surface area (Å²) >= 11 is 3.50. The van der Waals surface area contributed by atoms with Gasteiger partial charge in [0, 0.05) is 18.4 Å².